The van der Waals surface area contributed by atoms with E-state index < -0.39 is 7.37 Å². The Labute approximate surface area is 133 Å². The second kappa shape index (κ2) is 12.7. The Kier molecular flexibility index (Phi) is 12.8. The van der Waals surface area contributed by atoms with Crippen molar-refractivity contribution in [3.63, 3.8) is 0 Å². The average molecular weight is 318 g/mol. The first-order valence-electron chi connectivity index (χ1n) is 9.27. The molecule has 0 aliphatic carbocycles. The van der Waals surface area contributed by atoms with Crippen LogP contribution in [-0.4, -0.2) is 18.9 Å². The third-order valence-electron chi connectivity index (χ3n) is 4.52. The summed E-state index contributed by atoms with van der Waals surface area (Å²) in [7, 11) is -2.45. The molecule has 2 nitrogen and oxygen atoms in total. The van der Waals surface area contributed by atoms with Crippen LogP contribution in [0.5, 0.6) is 0 Å². The normalized spacial score (nSPS) is 17.4. The first-order chi connectivity index (χ1) is 10.0. The fourth-order valence-corrected chi connectivity index (χ4v) is 6.32. The van der Waals surface area contributed by atoms with Crippen LogP contribution in [0.15, 0.2) is 0 Å². The molecule has 0 radical (unpaired) electrons. The van der Waals surface area contributed by atoms with Crippen molar-refractivity contribution in [2.45, 2.75) is 86.0 Å². The van der Waals surface area contributed by atoms with Gasteiger partial charge >= 0.3 is 0 Å². The fourth-order valence-electron chi connectivity index (χ4n) is 3.04. The lowest BCUT2D eigenvalue weighted by atomic mass is 10.0. The van der Waals surface area contributed by atoms with E-state index in [0.29, 0.717) is 18.4 Å². The van der Waals surface area contributed by atoms with E-state index >= 15 is 0 Å². The van der Waals surface area contributed by atoms with Gasteiger partial charge in [0.25, 0.3) is 0 Å². The Balaban J connectivity index is 4.66. The Bertz CT molecular complexity index is 256. The van der Waals surface area contributed by atoms with Crippen molar-refractivity contribution in [1.82, 2.24) is 0 Å². The predicted octanol–water partition coefficient (Wildman–Crippen LogP) is 6.73. The molecular formula is C18H39O2P. The van der Waals surface area contributed by atoms with Gasteiger partial charge < -0.3 is 4.52 Å². The highest BCUT2D eigenvalue weighted by molar-refractivity contribution is 7.59. The molecule has 128 valence electrons. The van der Waals surface area contributed by atoms with Gasteiger partial charge in [-0.1, -0.05) is 66.2 Å². The molecule has 2 unspecified atom stereocenters. The monoisotopic (exact) mass is 318 g/mol. The second-order valence-electron chi connectivity index (χ2n) is 6.43. The lowest BCUT2D eigenvalue weighted by Crippen LogP contribution is -2.15. The van der Waals surface area contributed by atoms with Gasteiger partial charge in [0.15, 0.2) is 0 Å². The average Bonchev–Trinajstić information content (AvgIpc) is 2.48. The van der Waals surface area contributed by atoms with Gasteiger partial charge in [-0.3, -0.25) is 4.57 Å². The molecule has 0 saturated heterocycles. The van der Waals surface area contributed by atoms with Crippen LogP contribution in [0.25, 0.3) is 0 Å². The van der Waals surface area contributed by atoms with Gasteiger partial charge in [0.2, 0.25) is 7.37 Å². The molecule has 0 amide bonds. The lowest BCUT2D eigenvalue weighted by molar-refractivity contribution is 0.316. The number of hydrogen-bond acceptors (Lipinski definition) is 2. The van der Waals surface area contributed by atoms with E-state index in [9.17, 15) is 4.57 Å². The summed E-state index contributed by atoms with van der Waals surface area (Å²) in [6, 6.07) is 0. The second-order valence-corrected chi connectivity index (χ2v) is 9.05. The van der Waals surface area contributed by atoms with Gasteiger partial charge in [-0.15, -0.1) is 0 Å². The van der Waals surface area contributed by atoms with Gasteiger partial charge in [-0.05, 0) is 31.6 Å². The molecule has 0 heterocycles. The maximum atomic E-state index is 13.3. The molecule has 0 aromatic carbocycles. The van der Waals surface area contributed by atoms with Crippen LogP contribution in [0.4, 0.5) is 0 Å². The highest BCUT2D eigenvalue weighted by Crippen LogP contribution is 2.52. The molecule has 0 saturated carbocycles. The van der Waals surface area contributed by atoms with Crippen molar-refractivity contribution in [3.8, 4) is 0 Å². The van der Waals surface area contributed by atoms with Crippen molar-refractivity contribution >= 4 is 7.37 Å². The molecule has 0 bridgehead atoms. The molecule has 0 rings (SSSR count). The predicted molar refractivity (Wildman–Crippen MR) is 95.6 cm³/mol. The maximum Gasteiger partial charge on any atom is 0.203 e. The Morgan fingerprint density at radius 2 is 1.24 bits per heavy atom. The fraction of sp³-hybridized carbons (Fsp3) is 1.00. The Morgan fingerprint density at radius 3 is 1.52 bits per heavy atom. The quantitative estimate of drug-likeness (QED) is 0.332. The summed E-state index contributed by atoms with van der Waals surface area (Å²) in [5.74, 6) is 1.15. The molecule has 0 aromatic rings. The maximum absolute atomic E-state index is 13.3. The van der Waals surface area contributed by atoms with Gasteiger partial charge in [-0.2, -0.15) is 0 Å². The van der Waals surface area contributed by atoms with Crippen molar-refractivity contribution < 1.29 is 9.09 Å². The molecule has 2 atom stereocenters. The van der Waals surface area contributed by atoms with Crippen molar-refractivity contribution in [2.75, 3.05) is 18.9 Å². The summed E-state index contributed by atoms with van der Waals surface area (Å²) in [5.41, 5.74) is 0. The Morgan fingerprint density at radius 1 is 0.810 bits per heavy atom. The molecule has 0 aliphatic rings. The van der Waals surface area contributed by atoms with Crippen molar-refractivity contribution in [2.24, 2.45) is 11.8 Å². The largest absolute Gasteiger partial charge is 0.329 e. The van der Waals surface area contributed by atoms with Gasteiger partial charge in [0.1, 0.15) is 0 Å². The zero-order chi connectivity index (χ0) is 16.1. The molecule has 0 N–H and O–H groups in total. The molecule has 0 fully saturated rings. The topological polar surface area (TPSA) is 26.3 Å². The van der Waals surface area contributed by atoms with E-state index in [2.05, 4.69) is 27.7 Å². The molecule has 0 aromatic heterocycles. The minimum absolute atomic E-state index is 0.575. The molecular weight excluding hydrogens is 279 g/mol. The van der Waals surface area contributed by atoms with Crippen LogP contribution in [0, 0.1) is 11.8 Å². The minimum Gasteiger partial charge on any atom is -0.329 e. The molecule has 0 aliphatic heterocycles. The lowest BCUT2D eigenvalue weighted by Gasteiger charge is -2.26. The first kappa shape index (κ1) is 21.2. The van der Waals surface area contributed by atoms with E-state index in [0.717, 1.165) is 25.2 Å². The summed E-state index contributed by atoms with van der Waals surface area (Å²) in [4.78, 5) is 0. The van der Waals surface area contributed by atoms with E-state index in [1.165, 1.54) is 38.5 Å². The van der Waals surface area contributed by atoms with Crippen LogP contribution in [0.1, 0.15) is 86.0 Å². The van der Waals surface area contributed by atoms with E-state index in [1.807, 2.05) is 6.92 Å². The van der Waals surface area contributed by atoms with E-state index in [1.54, 1.807) is 0 Å². The van der Waals surface area contributed by atoms with E-state index in [-0.39, 0.29) is 0 Å². The van der Waals surface area contributed by atoms with Crippen molar-refractivity contribution in [3.05, 3.63) is 0 Å². The SMILES string of the molecule is CCCCC(CC)CP(=O)(CC(CC)CCCC)OCC. The summed E-state index contributed by atoms with van der Waals surface area (Å²) >= 11 is 0. The van der Waals surface area contributed by atoms with Gasteiger partial charge in [0, 0.05) is 12.3 Å². The van der Waals surface area contributed by atoms with Crippen LogP contribution in [0.2, 0.25) is 0 Å². The van der Waals surface area contributed by atoms with Gasteiger partial charge in [-0.25, -0.2) is 0 Å². The number of hydrogen-bond donors (Lipinski definition) is 0. The van der Waals surface area contributed by atoms with Crippen molar-refractivity contribution in [1.29, 1.82) is 0 Å². The summed E-state index contributed by atoms with van der Waals surface area (Å²) in [6.45, 7) is 11.5. The summed E-state index contributed by atoms with van der Waals surface area (Å²) in [6.07, 6.45) is 11.2. The smallest absolute Gasteiger partial charge is 0.203 e. The zero-order valence-electron chi connectivity index (χ0n) is 15.2. The van der Waals surface area contributed by atoms with E-state index in [4.69, 9.17) is 4.52 Å². The molecule has 21 heavy (non-hydrogen) atoms. The minimum atomic E-state index is -2.45. The van der Waals surface area contributed by atoms with Crippen LogP contribution in [-0.2, 0) is 9.09 Å². The molecule has 3 heteroatoms. The van der Waals surface area contributed by atoms with Crippen LogP contribution in [0.3, 0.4) is 0 Å². The van der Waals surface area contributed by atoms with Gasteiger partial charge in [0.05, 0.1) is 6.61 Å². The number of rotatable bonds is 14. The van der Waals surface area contributed by atoms with Crippen LogP contribution >= 0.6 is 7.37 Å². The number of unbranched alkanes of at least 4 members (excludes halogenated alkanes) is 2. The first-order valence-corrected chi connectivity index (χ1v) is 11.3. The standard InChI is InChI=1S/C18H39O2P/c1-6-11-13-17(8-3)15-21(19,20-10-5)16-18(9-4)14-12-7-2/h17-18H,6-16H2,1-5H3. The summed E-state index contributed by atoms with van der Waals surface area (Å²) in [5, 5.41) is 0. The highest BCUT2D eigenvalue weighted by Gasteiger charge is 2.29. The third kappa shape index (κ3) is 9.74. The van der Waals surface area contributed by atoms with Crippen LogP contribution < -0.4 is 0 Å². The zero-order valence-corrected chi connectivity index (χ0v) is 16.1. The highest BCUT2D eigenvalue weighted by atomic mass is 31.2. The third-order valence-corrected chi connectivity index (χ3v) is 7.40. The Hall–Kier alpha value is 0.190. The molecule has 0 spiro atoms. The summed E-state index contributed by atoms with van der Waals surface area (Å²) < 4.78 is 19.1.